The van der Waals surface area contributed by atoms with Gasteiger partial charge in [-0.3, -0.25) is 0 Å². The van der Waals surface area contributed by atoms with Crippen LogP contribution in [0.3, 0.4) is 0 Å². The number of rotatable bonds is 6. The third-order valence-electron chi connectivity index (χ3n) is 6.44. The van der Waals surface area contributed by atoms with E-state index >= 15 is 0 Å². The summed E-state index contributed by atoms with van der Waals surface area (Å²) in [5, 5.41) is 0. The highest BCUT2D eigenvalue weighted by Gasteiger charge is 2.24. The lowest BCUT2D eigenvalue weighted by molar-refractivity contribution is 0.307. The Morgan fingerprint density at radius 1 is 0.931 bits per heavy atom. The van der Waals surface area contributed by atoms with Gasteiger partial charge in [0.15, 0.2) is 0 Å². The van der Waals surface area contributed by atoms with E-state index in [4.69, 9.17) is 0 Å². The van der Waals surface area contributed by atoms with Crippen LogP contribution in [-0.2, 0) is 11.8 Å². The Labute approximate surface area is 183 Å². The largest absolute Gasteiger partial charge is 0.0949 e. The van der Waals surface area contributed by atoms with E-state index in [2.05, 4.69) is 89.7 Å². The zero-order valence-electron chi connectivity index (χ0n) is 19.0. The lowest BCUT2D eigenvalue weighted by Crippen LogP contribution is -2.17. The van der Waals surface area contributed by atoms with Crippen molar-refractivity contribution in [1.29, 1.82) is 0 Å². The predicted molar refractivity (Wildman–Crippen MR) is 130 cm³/mol. The van der Waals surface area contributed by atoms with Gasteiger partial charge in [-0.2, -0.15) is 0 Å². The molecule has 0 saturated heterocycles. The third-order valence-corrected chi connectivity index (χ3v) is 7.55. The second kappa shape index (κ2) is 9.56. The van der Waals surface area contributed by atoms with Gasteiger partial charge in [-0.15, -0.1) is 0 Å². The van der Waals surface area contributed by atoms with E-state index < -0.39 is 0 Å². The Morgan fingerprint density at radius 2 is 1.52 bits per heavy atom. The van der Waals surface area contributed by atoms with Crippen LogP contribution in [0.5, 0.6) is 0 Å². The predicted octanol–water partition coefficient (Wildman–Crippen LogP) is 8.76. The first kappa shape index (κ1) is 22.2. The van der Waals surface area contributed by atoms with Crippen LogP contribution in [-0.4, -0.2) is 0 Å². The minimum atomic E-state index is 0.216. The first-order chi connectivity index (χ1) is 13.7. The fourth-order valence-corrected chi connectivity index (χ4v) is 5.30. The van der Waals surface area contributed by atoms with Gasteiger partial charge in [-0.05, 0) is 89.0 Å². The third kappa shape index (κ3) is 6.25. The molecule has 0 radical (unpaired) electrons. The maximum absolute atomic E-state index is 4.44. The lowest BCUT2D eigenvalue weighted by atomic mass is 9.79. The fourth-order valence-electron chi connectivity index (χ4n) is 4.32. The van der Waals surface area contributed by atoms with Crippen molar-refractivity contribution in [3.63, 3.8) is 0 Å². The highest BCUT2D eigenvalue weighted by atomic mass is 32.2. The Hall–Kier alpha value is -1.47. The van der Waals surface area contributed by atoms with Gasteiger partial charge in [0.05, 0.1) is 0 Å². The smallest absolute Gasteiger partial charge is 0.0119 e. The van der Waals surface area contributed by atoms with Gasteiger partial charge in [-0.1, -0.05) is 89.4 Å². The van der Waals surface area contributed by atoms with Crippen LogP contribution in [0.15, 0.2) is 64.9 Å². The number of hydrogen-bond donors (Lipinski definition) is 0. The molecule has 0 bridgehead atoms. The van der Waals surface area contributed by atoms with Crippen LogP contribution in [0.25, 0.3) is 0 Å². The Kier molecular flexibility index (Phi) is 7.32. The highest BCUT2D eigenvalue weighted by Crippen LogP contribution is 2.41. The van der Waals surface area contributed by atoms with E-state index in [0.717, 1.165) is 5.92 Å². The minimum absolute atomic E-state index is 0.216. The molecular weight excluding hydrogens is 368 g/mol. The summed E-state index contributed by atoms with van der Waals surface area (Å²) in [6, 6.07) is 18.4. The average Bonchev–Trinajstić information content (AvgIpc) is 2.68. The lowest BCUT2D eigenvalue weighted by Gasteiger charge is -2.29. The van der Waals surface area contributed by atoms with Crippen molar-refractivity contribution in [2.75, 3.05) is 0 Å². The van der Waals surface area contributed by atoms with Crippen molar-refractivity contribution in [3.05, 3.63) is 76.7 Å². The molecule has 0 nitrogen and oxygen atoms in total. The SMILES string of the molecule is C=C(Sc1ccc(C(C)(C)C)cc1)C1CCC(Cc2ccc(C(C)C)cc2)CC1. The molecule has 0 heterocycles. The average molecular weight is 407 g/mol. The first-order valence-corrected chi connectivity index (χ1v) is 12.1. The minimum Gasteiger partial charge on any atom is -0.0949 e. The number of hydrogen-bond acceptors (Lipinski definition) is 1. The van der Waals surface area contributed by atoms with Crippen molar-refractivity contribution in [2.24, 2.45) is 11.8 Å². The molecule has 2 aromatic carbocycles. The van der Waals surface area contributed by atoms with Crippen LogP contribution in [0.2, 0.25) is 0 Å². The molecule has 29 heavy (non-hydrogen) atoms. The molecule has 0 N–H and O–H groups in total. The molecule has 0 atom stereocenters. The summed E-state index contributed by atoms with van der Waals surface area (Å²) in [6.45, 7) is 15.8. The van der Waals surface area contributed by atoms with Crippen molar-refractivity contribution < 1.29 is 0 Å². The van der Waals surface area contributed by atoms with Crippen molar-refractivity contribution in [3.8, 4) is 0 Å². The molecule has 0 unspecified atom stereocenters. The van der Waals surface area contributed by atoms with Gasteiger partial charge in [0.2, 0.25) is 0 Å². The molecule has 156 valence electrons. The summed E-state index contributed by atoms with van der Waals surface area (Å²) in [7, 11) is 0. The van der Waals surface area contributed by atoms with Crippen molar-refractivity contribution in [1.82, 2.24) is 0 Å². The zero-order valence-corrected chi connectivity index (χ0v) is 19.8. The van der Waals surface area contributed by atoms with Crippen LogP contribution in [0.1, 0.15) is 82.9 Å². The fraction of sp³-hybridized carbons (Fsp3) is 0.500. The summed E-state index contributed by atoms with van der Waals surface area (Å²) in [5.41, 5.74) is 4.56. The van der Waals surface area contributed by atoms with Crippen LogP contribution in [0.4, 0.5) is 0 Å². The monoisotopic (exact) mass is 406 g/mol. The molecule has 0 aromatic heterocycles. The van der Waals surface area contributed by atoms with E-state index in [0.29, 0.717) is 11.8 Å². The van der Waals surface area contributed by atoms with Gasteiger partial charge < -0.3 is 0 Å². The maximum atomic E-state index is 4.44. The summed E-state index contributed by atoms with van der Waals surface area (Å²) in [5.74, 6) is 2.12. The van der Waals surface area contributed by atoms with Crippen LogP contribution >= 0.6 is 11.8 Å². The van der Waals surface area contributed by atoms with Gasteiger partial charge in [0.1, 0.15) is 0 Å². The van der Waals surface area contributed by atoms with Gasteiger partial charge in [0.25, 0.3) is 0 Å². The molecule has 1 heteroatoms. The van der Waals surface area contributed by atoms with Gasteiger partial charge >= 0.3 is 0 Å². The molecule has 2 aromatic rings. The van der Waals surface area contributed by atoms with E-state index in [1.165, 1.54) is 58.6 Å². The molecular formula is C28H38S. The van der Waals surface area contributed by atoms with Crippen LogP contribution < -0.4 is 0 Å². The molecule has 3 rings (SSSR count). The van der Waals surface area contributed by atoms with Gasteiger partial charge in [-0.25, -0.2) is 0 Å². The zero-order chi connectivity index (χ0) is 21.0. The molecule has 0 amide bonds. The molecule has 1 aliphatic rings. The van der Waals surface area contributed by atoms with E-state index in [-0.39, 0.29) is 5.41 Å². The summed E-state index contributed by atoms with van der Waals surface area (Å²) >= 11 is 1.88. The second-order valence-electron chi connectivity index (χ2n) is 10.2. The highest BCUT2D eigenvalue weighted by molar-refractivity contribution is 8.03. The Bertz CT molecular complexity index is 782. The number of allylic oxidation sites excluding steroid dienone is 1. The topological polar surface area (TPSA) is 0 Å². The van der Waals surface area contributed by atoms with E-state index in [1.807, 2.05) is 11.8 Å². The second-order valence-corrected chi connectivity index (χ2v) is 11.4. The van der Waals surface area contributed by atoms with Crippen LogP contribution in [0, 0.1) is 11.8 Å². The molecule has 1 saturated carbocycles. The summed E-state index contributed by atoms with van der Waals surface area (Å²) < 4.78 is 0. The first-order valence-electron chi connectivity index (χ1n) is 11.3. The van der Waals surface area contributed by atoms with Crippen molar-refractivity contribution in [2.45, 2.75) is 83.0 Å². The molecule has 0 spiro atoms. The summed E-state index contributed by atoms with van der Waals surface area (Å²) in [4.78, 5) is 2.68. The van der Waals surface area contributed by atoms with Gasteiger partial charge in [0, 0.05) is 4.90 Å². The quantitative estimate of drug-likeness (QED) is 0.432. The number of benzene rings is 2. The van der Waals surface area contributed by atoms with E-state index in [1.54, 1.807) is 0 Å². The molecule has 1 aliphatic carbocycles. The van der Waals surface area contributed by atoms with E-state index in [9.17, 15) is 0 Å². The Balaban J connectivity index is 1.48. The van der Waals surface area contributed by atoms with Crippen molar-refractivity contribution >= 4 is 11.8 Å². The standard InChI is InChI=1S/C28H38S/c1-20(2)24-11-7-22(8-12-24)19-23-9-13-25(14-10-23)21(3)29-27-17-15-26(16-18-27)28(4,5)6/h7-8,11-12,15-18,20,23,25H,3,9-10,13-14,19H2,1-2,4-6H3. The Morgan fingerprint density at radius 3 is 2.03 bits per heavy atom. The summed E-state index contributed by atoms with van der Waals surface area (Å²) in [6.07, 6.45) is 6.48. The molecule has 0 aliphatic heterocycles. The molecule has 1 fully saturated rings. The maximum Gasteiger partial charge on any atom is 0.0119 e. The normalized spacial score (nSPS) is 20.1. The number of thioether (sulfide) groups is 1.